The van der Waals surface area contributed by atoms with E-state index in [1.165, 1.54) is 29.2 Å². The molecule has 0 aliphatic heterocycles. The van der Waals surface area contributed by atoms with Crippen LogP contribution < -0.4 is 24.8 Å². The summed E-state index contributed by atoms with van der Waals surface area (Å²) in [6.45, 7) is 6.53. The molecule has 4 heteroatoms. The molecular formula is C14H19Cl2SiZr. The fourth-order valence-corrected chi connectivity index (χ4v) is 1.65. The summed E-state index contributed by atoms with van der Waals surface area (Å²) in [7, 11) is 1.08. The first-order valence-electron chi connectivity index (χ1n) is 5.54. The van der Waals surface area contributed by atoms with E-state index in [1.54, 1.807) is 0 Å². The molecule has 0 heterocycles. The van der Waals surface area contributed by atoms with Gasteiger partial charge in [0.15, 0.2) is 0 Å². The van der Waals surface area contributed by atoms with E-state index in [4.69, 9.17) is 0 Å². The topological polar surface area (TPSA) is 0 Å². The first kappa shape index (κ1) is 23.6. The number of rotatable bonds is 2. The van der Waals surface area contributed by atoms with E-state index in [1.807, 2.05) is 0 Å². The van der Waals surface area contributed by atoms with Crippen LogP contribution in [-0.2, 0) is 32.6 Å². The van der Waals surface area contributed by atoms with Crippen LogP contribution in [0.1, 0.15) is 18.9 Å². The molecule has 2 aromatic carbocycles. The maximum absolute atomic E-state index is 2.29. The summed E-state index contributed by atoms with van der Waals surface area (Å²) in [4.78, 5) is 0. The van der Waals surface area contributed by atoms with Gasteiger partial charge in [0.2, 0.25) is 0 Å². The molecule has 97 valence electrons. The van der Waals surface area contributed by atoms with Crippen LogP contribution >= 0.6 is 0 Å². The summed E-state index contributed by atoms with van der Waals surface area (Å²) >= 11 is 0. The number of benzene rings is 1. The van der Waals surface area contributed by atoms with Gasteiger partial charge in [-0.1, -0.05) is 32.5 Å². The Labute approximate surface area is 145 Å². The predicted octanol–water partition coefficient (Wildman–Crippen LogP) is -1.70. The van der Waals surface area contributed by atoms with Gasteiger partial charge >= 0.3 is 26.2 Å². The van der Waals surface area contributed by atoms with Crippen molar-refractivity contribution in [3.05, 3.63) is 42.0 Å². The molecular weight excluding hydrogens is 358 g/mol. The minimum absolute atomic E-state index is 0. The summed E-state index contributed by atoms with van der Waals surface area (Å²) in [5.41, 5.74) is 1.47. The van der Waals surface area contributed by atoms with Crippen LogP contribution in [0.2, 0.25) is 13.1 Å². The number of hydrogen-bond donors (Lipinski definition) is 0. The summed E-state index contributed by atoms with van der Waals surface area (Å²) < 4.78 is 0. The van der Waals surface area contributed by atoms with E-state index in [0.717, 1.165) is 9.52 Å². The van der Waals surface area contributed by atoms with Gasteiger partial charge in [0.25, 0.3) is 0 Å². The summed E-state index contributed by atoms with van der Waals surface area (Å²) in [6.07, 6.45) is 2.44. The largest absolute Gasteiger partial charge is 3.00 e. The molecule has 18 heavy (non-hydrogen) atoms. The molecule has 3 radical (unpaired) electrons. The number of fused-ring (bicyclic) bond motifs is 1. The molecule has 0 aromatic heterocycles. The van der Waals surface area contributed by atoms with Crippen LogP contribution in [0.15, 0.2) is 36.4 Å². The smallest absolute Gasteiger partial charge is 1.00 e. The number of halogens is 2. The van der Waals surface area contributed by atoms with Crippen molar-refractivity contribution >= 4 is 20.3 Å². The molecule has 0 saturated carbocycles. The molecule has 0 saturated heterocycles. The van der Waals surface area contributed by atoms with Gasteiger partial charge in [0.05, 0.1) is 0 Å². The van der Waals surface area contributed by atoms with Gasteiger partial charge < -0.3 is 24.8 Å². The molecule has 0 amide bonds. The molecule has 0 unspecified atom stereocenters. The standard InChI is InChI=1S/C12H13.C2H6Si.2ClH.Zr/c1-2-5-10-8-11-6-3-4-7-12(11)9-10;1-3-2;;;/h3-4,6-9H,2,5H2,1H3;1-2H3;2*1H;/q-1;;;;+3/p-2. The average Bonchev–Trinajstić information content (AvgIpc) is 2.61. The maximum Gasteiger partial charge on any atom is 3.00 e. The van der Waals surface area contributed by atoms with E-state index < -0.39 is 0 Å². The third-order valence-electron chi connectivity index (χ3n) is 2.22. The van der Waals surface area contributed by atoms with Crippen molar-refractivity contribution in [2.45, 2.75) is 32.9 Å². The Morgan fingerprint density at radius 1 is 1.11 bits per heavy atom. The summed E-state index contributed by atoms with van der Waals surface area (Å²) in [6, 6.07) is 13.1. The fraction of sp³-hybridized carbons (Fsp3) is 0.357. The van der Waals surface area contributed by atoms with Crippen LogP contribution in [0.4, 0.5) is 0 Å². The van der Waals surface area contributed by atoms with Gasteiger partial charge in [-0.25, -0.2) is 0 Å². The van der Waals surface area contributed by atoms with E-state index in [9.17, 15) is 0 Å². The Hall–Kier alpha value is 0.510. The molecule has 0 fully saturated rings. The SMILES string of the molecule is CCCc1cc2ccccc2[cH-]1.C[Si]C.[Cl-].[Cl-].[Zr+3]. The van der Waals surface area contributed by atoms with Gasteiger partial charge in [0, 0.05) is 9.52 Å². The molecule has 0 bridgehead atoms. The fourth-order valence-electron chi connectivity index (χ4n) is 1.65. The van der Waals surface area contributed by atoms with Gasteiger partial charge in [-0.2, -0.15) is 6.07 Å². The van der Waals surface area contributed by atoms with Crippen molar-refractivity contribution < 1.29 is 51.0 Å². The van der Waals surface area contributed by atoms with Crippen molar-refractivity contribution in [3.63, 3.8) is 0 Å². The third kappa shape index (κ3) is 7.84. The van der Waals surface area contributed by atoms with Crippen molar-refractivity contribution in [1.29, 1.82) is 0 Å². The van der Waals surface area contributed by atoms with Gasteiger partial charge in [0.1, 0.15) is 0 Å². The second kappa shape index (κ2) is 13.9. The van der Waals surface area contributed by atoms with Crippen molar-refractivity contribution in [2.24, 2.45) is 0 Å². The predicted molar refractivity (Wildman–Crippen MR) is 71.0 cm³/mol. The molecule has 0 N–H and O–H groups in total. The molecule has 0 aliphatic rings. The molecule has 0 aliphatic carbocycles. The van der Waals surface area contributed by atoms with E-state index in [-0.39, 0.29) is 51.0 Å². The molecule has 0 atom stereocenters. The Bertz CT molecular complexity index is 368. The Morgan fingerprint density at radius 3 is 2.17 bits per heavy atom. The quantitative estimate of drug-likeness (QED) is 0.433. The molecule has 2 aromatic rings. The first-order valence-corrected chi connectivity index (χ1v) is 7.54. The third-order valence-corrected chi connectivity index (χ3v) is 2.22. The zero-order valence-corrected chi connectivity index (χ0v) is 16.1. The Balaban J connectivity index is -0.000000345. The second-order valence-corrected chi connectivity index (χ2v) is 4.74. The van der Waals surface area contributed by atoms with Crippen LogP contribution in [0.25, 0.3) is 10.8 Å². The van der Waals surface area contributed by atoms with Crippen LogP contribution in [0.3, 0.4) is 0 Å². The van der Waals surface area contributed by atoms with E-state index in [0.29, 0.717) is 0 Å². The average molecular weight is 378 g/mol. The minimum Gasteiger partial charge on any atom is -1.00 e. The van der Waals surface area contributed by atoms with Gasteiger partial charge in [-0.3, -0.25) is 0 Å². The Morgan fingerprint density at radius 2 is 1.67 bits per heavy atom. The Kier molecular flexibility index (Phi) is 18.3. The minimum atomic E-state index is 0. The summed E-state index contributed by atoms with van der Waals surface area (Å²) in [5.74, 6) is 0. The van der Waals surface area contributed by atoms with Crippen molar-refractivity contribution in [1.82, 2.24) is 0 Å². The number of aryl methyl sites for hydroxylation is 1. The van der Waals surface area contributed by atoms with E-state index in [2.05, 4.69) is 56.4 Å². The molecule has 0 nitrogen and oxygen atoms in total. The number of hydrogen-bond acceptors (Lipinski definition) is 0. The van der Waals surface area contributed by atoms with Gasteiger partial charge in [-0.15, -0.1) is 40.6 Å². The molecule has 0 spiro atoms. The van der Waals surface area contributed by atoms with Gasteiger partial charge in [-0.05, 0) is 6.42 Å². The zero-order valence-electron chi connectivity index (χ0n) is 11.1. The monoisotopic (exact) mass is 375 g/mol. The normalized spacial score (nSPS) is 8.17. The van der Waals surface area contributed by atoms with Crippen LogP contribution in [-0.4, -0.2) is 9.52 Å². The van der Waals surface area contributed by atoms with Crippen molar-refractivity contribution in [3.8, 4) is 0 Å². The molecule has 2 rings (SSSR count). The first-order chi connectivity index (χ1) is 7.31. The second-order valence-electron chi connectivity index (χ2n) is 3.74. The zero-order chi connectivity index (χ0) is 11.1. The van der Waals surface area contributed by atoms with E-state index >= 15 is 0 Å². The van der Waals surface area contributed by atoms with Crippen LogP contribution in [0.5, 0.6) is 0 Å². The maximum atomic E-state index is 2.29. The van der Waals surface area contributed by atoms with Crippen LogP contribution in [0, 0.1) is 0 Å². The summed E-state index contributed by atoms with van der Waals surface area (Å²) in [5, 5.41) is 2.75. The van der Waals surface area contributed by atoms with Crippen molar-refractivity contribution in [2.75, 3.05) is 0 Å².